The number of amides is 2. The van der Waals surface area contributed by atoms with Gasteiger partial charge in [0.15, 0.2) is 0 Å². The van der Waals surface area contributed by atoms with Crippen LogP contribution in [0, 0.1) is 11.3 Å². The second-order valence-electron chi connectivity index (χ2n) is 6.24. The van der Waals surface area contributed by atoms with E-state index in [-0.39, 0.29) is 18.2 Å². The molecule has 6 heteroatoms. The summed E-state index contributed by atoms with van der Waals surface area (Å²) in [6, 6.07) is 24.1. The first-order valence-electron chi connectivity index (χ1n) is 8.72. The number of benzene rings is 2. The zero-order valence-electron chi connectivity index (χ0n) is 14.8. The van der Waals surface area contributed by atoms with Crippen molar-refractivity contribution in [3.05, 3.63) is 78.4 Å². The summed E-state index contributed by atoms with van der Waals surface area (Å²) in [6.45, 7) is 0. The summed E-state index contributed by atoms with van der Waals surface area (Å²) < 4.78 is 0. The Labute approximate surface area is 166 Å². The molecule has 2 aromatic carbocycles. The Morgan fingerprint density at radius 3 is 2.32 bits per heavy atom. The van der Waals surface area contributed by atoms with Crippen LogP contribution in [0.15, 0.2) is 77.8 Å². The first-order valence-corrected chi connectivity index (χ1v) is 9.60. The summed E-state index contributed by atoms with van der Waals surface area (Å²) >= 11 is 1.18. The first kappa shape index (κ1) is 18.0. The lowest BCUT2D eigenvalue weighted by atomic mass is 10.1. The van der Waals surface area contributed by atoms with Crippen LogP contribution in [0.2, 0.25) is 0 Å². The minimum Gasteiger partial charge on any atom is -0.274 e. The van der Waals surface area contributed by atoms with Crippen LogP contribution in [0.4, 0.5) is 5.69 Å². The molecule has 0 unspecified atom stereocenters. The van der Waals surface area contributed by atoms with E-state index < -0.39 is 5.25 Å². The van der Waals surface area contributed by atoms with Gasteiger partial charge in [-0.05, 0) is 24.3 Å². The average Bonchev–Trinajstić information content (AvgIpc) is 3.02. The maximum Gasteiger partial charge on any atom is 0.247 e. The predicted octanol–water partition coefficient (Wildman–Crippen LogP) is 4.04. The largest absolute Gasteiger partial charge is 0.274 e. The van der Waals surface area contributed by atoms with E-state index in [1.165, 1.54) is 16.7 Å². The quantitative estimate of drug-likeness (QED) is 0.634. The maximum atomic E-state index is 12.8. The number of nitrogens with zero attached hydrogens (tertiary/aromatic N) is 3. The summed E-state index contributed by atoms with van der Waals surface area (Å²) in [7, 11) is 0. The molecule has 4 rings (SSSR count). The normalized spacial score (nSPS) is 16.2. The molecule has 136 valence electrons. The lowest BCUT2D eigenvalue weighted by Crippen LogP contribution is -2.31. The number of aromatic nitrogens is 1. The Kier molecular flexibility index (Phi) is 4.92. The molecule has 0 bridgehead atoms. The number of carbonyl (C=O) groups is 2. The van der Waals surface area contributed by atoms with E-state index in [2.05, 4.69) is 11.1 Å². The van der Waals surface area contributed by atoms with Crippen molar-refractivity contribution >= 4 is 29.3 Å². The molecule has 1 aliphatic heterocycles. The summed E-state index contributed by atoms with van der Waals surface area (Å²) in [5.74, 6) is -0.525. The van der Waals surface area contributed by atoms with Gasteiger partial charge in [0.05, 0.1) is 22.2 Å². The molecule has 1 fully saturated rings. The van der Waals surface area contributed by atoms with Crippen LogP contribution in [-0.2, 0) is 9.59 Å². The molecule has 0 aliphatic carbocycles. The lowest BCUT2D eigenvalue weighted by Gasteiger charge is -2.15. The van der Waals surface area contributed by atoms with Crippen molar-refractivity contribution in [2.75, 3.05) is 4.90 Å². The van der Waals surface area contributed by atoms with Gasteiger partial charge in [0.25, 0.3) is 0 Å². The van der Waals surface area contributed by atoms with Crippen LogP contribution >= 0.6 is 11.8 Å². The molecular formula is C22H15N3O2S. The number of imide groups is 1. The van der Waals surface area contributed by atoms with Crippen LogP contribution in [-0.4, -0.2) is 22.0 Å². The third-order valence-corrected chi connectivity index (χ3v) is 5.61. The minimum absolute atomic E-state index is 0.0838. The highest BCUT2D eigenvalue weighted by atomic mass is 32.2. The second kappa shape index (κ2) is 7.67. The fourth-order valence-corrected chi connectivity index (χ4v) is 4.16. The van der Waals surface area contributed by atoms with E-state index in [4.69, 9.17) is 0 Å². The van der Waals surface area contributed by atoms with Crippen LogP contribution < -0.4 is 4.90 Å². The summed E-state index contributed by atoms with van der Waals surface area (Å²) in [5, 5.41) is 9.30. The molecule has 2 heterocycles. The van der Waals surface area contributed by atoms with E-state index in [1.807, 2.05) is 36.4 Å². The van der Waals surface area contributed by atoms with Crippen molar-refractivity contribution in [3.8, 4) is 17.3 Å². The molecule has 0 radical (unpaired) electrons. The monoisotopic (exact) mass is 385 g/mol. The zero-order valence-corrected chi connectivity index (χ0v) is 15.6. The number of carbonyl (C=O) groups excluding carboxylic acids is 2. The van der Waals surface area contributed by atoms with Gasteiger partial charge in [-0.25, -0.2) is 9.88 Å². The number of anilines is 1. The number of para-hydroxylation sites is 1. The van der Waals surface area contributed by atoms with Crippen molar-refractivity contribution in [1.82, 2.24) is 4.98 Å². The Morgan fingerprint density at radius 2 is 1.64 bits per heavy atom. The van der Waals surface area contributed by atoms with Crippen molar-refractivity contribution in [3.63, 3.8) is 0 Å². The molecule has 2 amide bonds. The molecule has 0 N–H and O–H groups in total. The molecule has 28 heavy (non-hydrogen) atoms. The Morgan fingerprint density at radius 1 is 0.964 bits per heavy atom. The number of nitriles is 1. The molecule has 1 aliphatic rings. The third-order valence-electron chi connectivity index (χ3n) is 4.42. The number of rotatable bonds is 4. The van der Waals surface area contributed by atoms with E-state index in [1.54, 1.807) is 36.4 Å². The molecular weight excluding hydrogens is 370 g/mol. The topological polar surface area (TPSA) is 74.1 Å². The Balaban J connectivity index is 1.63. The van der Waals surface area contributed by atoms with Crippen LogP contribution in [0.3, 0.4) is 0 Å². The molecule has 1 aromatic heterocycles. The van der Waals surface area contributed by atoms with Crippen molar-refractivity contribution in [2.24, 2.45) is 0 Å². The predicted molar refractivity (Wildman–Crippen MR) is 108 cm³/mol. The third kappa shape index (κ3) is 3.40. The van der Waals surface area contributed by atoms with Crippen LogP contribution in [0.5, 0.6) is 0 Å². The van der Waals surface area contributed by atoms with Crippen molar-refractivity contribution < 1.29 is 9.59 Å². The van der Waals surface area contributed by atoms with Gasteiger partial charge in [-0.3, -0.25) is 9.59 Å². The van der Waals surface area contributed by atoms with Gasteiger partial charge in [-0.15, -0.1) is 0 Å². The Bertz CT molecular complexity index is 1080. The lowest BCUT2D eigenvalue weighted by molar-refractivity contribution is -0.121. The number of hydrogen-bond acceptors (Lipinski definition) is 5. The first-order chi connectivity index (χ1) is 13.7. The molecule has 3 aromatic rings. The highest BCUT2D eigenvalue weighted by Crippen LogP contribution is 2.35. The average molecular weight is 385 g/mol. The SMILES string of the molecule is N#Cc1ccc(-c2ccccc2)nc1S[C@@H]1CC(=O)N(c2ccccc2)C1=O. The van der Waals surface area contributed by atoms with Gasteiger partial charge in [0.2, 0.25) is 11.8 Å². The van der Waals surface area contributed by atoms with Crippen LogP contribution in [0.25, 0.3) is 11.3 Å². The molecule has 5 nitrogen and oxygen atoms in total. The maximum absolute atomic E-state index is 12.8. The van der Waals surface area contributed by atoms with Gasteiger partial charge >= 0.3 is 0 Å². The van der Waals surface area contributed by atoms with Gasteiger partial charge in [0, 0.05) is 12.0 Å². The highest BCUT2D eigenvalue weighted by Gasteiger charge is 2.40. The standard InChI is InChI=1S/C22H15N3O2S/c23-14-16-11-12-18(15-7-3-1-4-8-15)24-21(16)28-19-13-20(26)25(22(19)27)17-9-5-2-6-10-17/h1-12,19H,13H2/t19-/m1/s1. The van der Waals surface area contributed by atoms with Crippen LogP contribution in [0.1, 0.15) is 12.0 Å². The number of thioether (sulfide) groups is 1. The van der Waals surface area contributed by atoms with E-state index >= 15 is 0 Å². The summed E-state index contributed by atoms with van der Waals surface area (Å²) in [4.78, 5) is 31.1. The smallest absolute Gasteiger partial charge is 0.247 e. The van der Waals surface area contributed by atoms with Crippen molar-refractivity contribution in [2.45, 2.75) is 16.7 Å². The van der Waals surface area contributed by atoms with Gasteiger partial charge in [-0.1, -0.05) is 60.3 Å². The molecule has 1 atom stereocenters. The fourth-order valence-electron chi connectivity index (χ4n) is 3.06. The highest BCUT2D eigenvalue weighted by molar-refractivity contribution is 8.00. The number of pyridine rings is 1. The van der Waals surface area contributed by atoms with Gasteiger partial charge in [0.1, 0.15) is 11.1 Å². The zero-order chi connectivity index (χ0) is 19.5. The fraction of sp³-hybridized carbons (Fsp3) is 0.0909. The summed E-state index contributed by atoms with van der Waals surface area (Å²) in [5.41, 5.74) is 2.60. The molecule has 0 saturated carbocycles. The molecule has 1 saturated heterocycles. The van der Waals surface area contributed by atoms with E-state index in [0.717, 1.165) is 11.3 Å². The Hall–Kier alpha value is -3.43. The second-order valence-corrected chi connectivity index (χ2v) is 7.43. The minimum atomic E-state index is -0.599. The van der Waals surface area contributed by atoms with Crippen molar-refractivity contribution in [1.29, 1.82) is 5.26 Å². The number of hydrogen-bond donors (Lipinski definition) is 0. The summed E-state index contributed by atoms with van der Waals surface area (Å²) in [6.07, 6.45) is 0.0838. The van der Waals surface area contributed by atoms with E-state index in [0.29, 0.717) is 16.3 Å². The van der Waals surface area contributed by atoms with E-state index in [9.17, 15) is 14.9 Å². The van der Waals surface area contributed by atoms with Gasteiger partial charge in [-0.2, -0.15) is 5.26 Å². The van der Waals surface area contributed by atoms with Gasteiger partial charge < -0.3 is 0 Å². The molecule has 0 spiro atoms.